The first-order chi connectivity index (χ1) is 6.55. The Balaban J connectivity index is 2.92. The number of nitrogens with one attached hydrogen (secondary N) is 1. The summed E-state index contributed by atoms with van der Waals surface area (Å²) < 4.78 is 5.00. The van der Waals surface area contributed by atoms with Gasteiger partial charge in [-0.1, -0.05) is 39.0 Å². The fourth-order valence-electron chi connectivity index (χ4n) is 1.44. The Kier molecular flexibility index (Phi) is 3.53. The van der Waals surface area contributed by atoms with Gasteiger partial charge in [0.05, 0.1) is 0 Å². The molecule has 0 aromatic heterocycles. The lowest BCUT2D eigenvalue weighted by Crippen LogP contribution is -2.15. The molecule has 0 fully saturated rings. The lowest BCUT2D eigenvalue weighted by atomic mass is 9.86. The fraction of sp³-hybridized carbons (Fsp3) is 0.500. The Morgan fingerprint density at radius 2 is 1.86 bits per heavy atom. The van der Waals surface area contributed by atoms with E-state index in [-0.39, 0.29) is 5.41 Å². The molecule has 1 rings (SSSR count). The summed E-state index contributed by atoms with van der Waals surface area (Å²) in [7, 11) is 1.69. The molecule has 0 heterocycles. The van der Waals surface area contributed by atoms with Gasteiger partial charge in [0.25, 0.3) is 0 Å². The SMILES string of the molecule is COCNc1ccccc1C(C)(C)C. The van der Waals surface area contributed by atoms with Gasteiger partial charge in [-0.05, 0) is 17.0 Å². The van der Waals surface area contributed by atoms with Gasteiger partial charge in [-0.25, -0.2) is 0 Å². The maximum Gasteiger partial charge on any atom is 0.116 e. The molecule has 78 valence electrons. The summed E-state index contributed by atoms with van der Waals surface area (Å²) in [5.41, 5.74) is 2.64. The highest BCUT2D eigenvalue weighted by molar-refractivity contribution is 5.53. The molecule has 0 saturated heterocycles. The zero-order valence-corrected chi connectivity index (χ0v) is 9.42. The second-order valence-corrected chi connectivity index (χ2v) is 4.41. The van der Waals surface area contributed by atoms with Crippen LogP contribution in [0.3, 0.4) is 0 Å². The van der Waals surface area contributed by atoms with Gasteiger partial charge in [-0.15, -0.1) is 0 Å². The van der Waals surface area contributed by atoms with E-state index in [4.69, 9.17) is 4.74 Å². The third kappa shape index (κ3) is 2.74. The van der Waals surface area contributed by atoms with Gasteiger partial charge in [0.15, 0.2) is 0 Å². The maximum absolute atomic E-state index is 5.00. The topological polar surface area (TPSA) is 21.3 Å². The molecule has 0 aliphatic rings. The minimum atomic E-state index is 0.164. The Labute approximate surface area is 86.3 Å². The first kappa shape index (κ1) is 11.1. The van der Waals surface area contributed by atoms with E-state index < -0.39 is 0 Å². The lowest BCUT2D eigenvalue weighted by Gasteiger charge is -2.23. The van der Waals surface area contributed by atoms with Gasteiger partial charge in [0.1, 0.15) is 6.73 Å². The first-order valence-corrected chi connectivity index (χ1v) is 4.88. The molecular weight excluding hydrogens is 174 g/mol. The molecule has 0 spiro atoms. The van der Waals surface area contributed by atoms with Gasteiger partial charge < -0.3 is 10.1 Å². The number of para-hydroxylation sites is 1. The Morgan fingerprint density at radius 1 is 1.21 bits per heavy atom. The highest BCUT2D eigenvalue weighted by Gasteiger charge is 2.16. The third-order valence-corrected chi connectivity index (χ3v) is 2.14. The molecule has 0 radical (unpaired) electrons. The second-order valence-electron chi connectivity index (χ2n) is 4.41. The number of ether oxygens (including phenoxy) is 1. The Morgan fingerprint density at radius 3 is 2.43 bits per heavy atom. The van der Waals surface area contributed by atoms with Crippen LogP contribution in [0.2, 0.25) is 0 Å². The molecule has 2 heteroatoms. The van der Waals surface area contributed by atoms with Gasteiger partial charge in [0, 0.05) is 12.8 Å². The van der Waals surface area contributed by atoms with Crippen molar-refractivity contribution in [3.8, 4) is 0 Å². The molecule has 1 aromatic carbocycles. The van der Waals surface area contributed by atoms with Crippen LogP contribution in [0.15, 0.2) is 24.3 Å². The summed E-state index contributed by atoms with van der Waals surface area (Å²) in [5.74, 6) is 0. The minimum Gasteiger partial charge on any atom is -0.365 e. The van der Waals surface area contributed by atoms with Crippen LogP contribution in [0.25, 0.3) is 0 Å². The number of methoxy groups -OCH3 is 1. The van der Waals surface area contributed by atoms with Crippen LogP contribution in [-0.2, 0) is 10.2 Å². The molecular formula is C12H19NO. The van der Waals surface area contributed by atoms with Crippen molar-refractivity contribution < 1.29 is 4.74 Å². The third-order valence-electron chi connectivity index (χ3n) is 2.14. The number of rotatable bonds is 3. The normalized spacial score (nSPS) is 11.4. The van der Waals surface area contributed by atoms with Crippen LogP contribution in [-0.4, -0.2) is 13.8 Å². The number of hydrogen-bond donors (Lipinski definition) is 1. The monoisotopic (exact) mass is 193 g/mol. The lowest BCUT2D eigenvalue weighted by molar-refractivity contribution is 0.221. The van der Waals surface area contributed by atoms with Crippen molar-refractivity contribution in [3.63, 3.8) is 0 Å². The molecule has 1 aromatic rings. The van der Waals surface area contributed by atoms with E-state index in [1.54, 1.807) is 7.11 Å². The van der Waals surface area contributed by atoms with Crippen molar-refractivity contribution in [1.82, 2.24) is 0 Å². The van der Waals surface area contributed by atoms with Gasteiger partial charge in [-0.2, -0.15) is 0 Å². The molecule has 0 aliphatic carbocycles. The molecule has 0 amide bonds. The van der Waals surface area contributed by atoms with Crippen LogP contribution in [0.5, 0.6) is 0 Å². The van der Waals surface area contributed by atoms with E-state index in [2.05, 4.69) is 44.3 Å². The average molecular weight is 193 g/mol. The quantitative estimate of drug-likeness (QED) is 0.745. The van der Waals surface area contributed by atoms with E-state index in [9.17, 15) is 0 Å². The minimum absolute atomic E-state index is 0.164. The van der Waals surface area contributed by atoms with E-state index >= 15 is 0 Å². The molecule has 0 aliphatic heterocycles. The summed E-state index contributed by atoms with van der Waals surface area (Å²) in [6, 6.07) is 8.34. The van der Waals surface area contributed by atoms with E-state index in [1.165, 1.54) is 5.56 Å². The highest BCUT2D eigenvalue weighted by Crippen LogP contribution is 2.28. The smallest absolute Gasteiger partial charge is 0.116 e. The van der Waals surface area contributed by atoms with Crippen LogP contribution in [0.4, 0.5) is 5.69 Å². The Bertz CT molecular complexity index is 289. The van der Waals surface area contributed by atoms with Gasteiger partial charge in [0.2, 0.25) is 0 Å². The molecule has 2 nitrogen and oxygen atoms in total. The van der Waals surface area contributed by atoms with E-state index in [1.807, 2.05) is 6.07 Å². The number of anilines is 1. The molecule has 0 atom stereocenters. The van der Waals surface area contributed by atoms with E-state index in [0.29, 0.717) is 6.73 Å². The summed E-state index contributed by atoms with van der Waals surface area (Å²) in [6.45, 7) is 7.17. The van der Waals surface area contributed by atoms with Crippen molar-refractivity contribution in [2.45, 2.75) is 26.2 Å². The van der Waals surface area contributed by atoms with E-state index in [0.717, 1.165) is 5.69 Å². The highest BCUT2D eigenvalue weighted by atomic mass is 16.5. The second kappa shape index (κ2) is 4.47. The largest absolute Gasteiger partial charge is 0.365 e. The van der Waals surface area contributed by atoms with Crippen molar-refractivity contribution in [1.29, 1.82) is 0 Å². The van der Waals surface area contributed by atoms with Crippen molar-refractivity contribution >= 4 is 5.69 Å². The first-order valence-electron chi connectivity index (χ1n) is 4.88. The zero-order chi connectivity index (χ0) is 10.6. The summed E-state index contributed by atoms with van der Waals surface area (Å²) in [5, 5.41) is 3.25. The fourth-order valence-corrected chi connectivity index (χ4v) is 1.44. The number of hydrogen-bond acceptors (Lipinski definition) is 2. The maximum atomic E-state index is 5.00. The molecule has 1 N–H and O–H groups in total. The van der Waals surface area contributed by atoms with Crippen LogP contribution < -0.4 is 5.32 Å². The number of benzene rings is 1. The van der Waals surface area contributed by atoms with Gasteiger partial charge in [-0.3, -0.25) is 0 Å². The van der Waals surface area contributed by atoms with Crippen LogP contribution in [0.1, 0.15) is 26.3 Å². The van der Waals surface area contributed by atoms with Gasteiger partial charge >= 0.3 is 0 Å². The predicted molar refractivity (Wildman–Crippen MR) is 60.6 cm³/mol. The van der Waals surface area contributed by atoms with Crippen LogP contribution >= 0.6 is 0 Å². The molecule has 14 heavy (non-hydrogen) atoms. The van der Waals surface area contributed by atoms with Crippen molar-refractivity contribution in [2.75, 3.05) is 19.2 Å². The molecule has 0 unspecified atom stereocenters. The molecule has 0 bridgehead atoms. The zero-order valence-electron chi connectivity index (χ0n) is 9.42. The molecule has 0 saturated carbocycles. The summed E-state index contributed by atoms with van der Waals surface area (Å²) in [6.07, 6.45) is 0. The summed E-state index contributed by atoms with van der Waals surface area (Å²) in [4.78, 5) is 0. The van der Waals surface area contributed by atoms with Crippen molar-refractivity contribution in [3.05, 3.63) is 29.8 Å². The summed E-state index contributed by atoms with van der Waals surface area (Å²) >= 11 is 0. The standard InChI is InChI=1S/C12H19NO/c1-12(2,3)10-7-5-6-8-11(10)13-9-14-4/h5-8,13H,9H2,1-4H3. The van der Waals surface area contributed by atoms with Crippen LogP contribution in [0, 0.1) is 0 Å². The predicted octanol–water partition coefficient (Wildman–Crippen LogP) is 3.00. The van der Waals surface area contributed by atoms with Crippen molar-refractivity contribution in [2.24, 2.45) is 0 Å². The Hall–Kier alpha value is -1.02. The average Bonchev–Trinajstić information content (AvgIpc) is 2.14.